The van der Waals surface area contributed by atoms with Gasteiger partial charge in [-0.2, -0.15) is 8.78 Å². The average Bonchev–Trinajstić information content (AvgIpc) is 2.70. The van der Waals surface area contributed by atoms with Gasteiger partial charge in [-0.05, 0) is 86.2 Å². The van der Waals surface area contributed by atoms with Crippen LogP contribution in [-0.4, -0.2) is 0 Å². The number of alkyl halides is 2. The lowest BCUT2D eigenvalue weighted by Gasteiger charge is -2.22. The Morgan fingerprint density at radius 2 is 1.29 bits per heavy atom. The maximum Gasteiger partial charge on any atom is 0.427 e. The molecule has 0 unspecified atom stereocenters. The second-order valence-electron chi connectivity index (χ2n) is 8.39. The second-order valence-corrected chi connectivity index (χ2v) is 8.39. The average molecular weight is 474 g/mol. The van der Waals surface area contributed by atoms with E-state index in [1.54, 1.807) is 32.9 Å². The number of fused-ring (bicyclic) bond motifs is 1. The summed E-state index contributed by atoms with van der Waals surface area (Å²) >= 11 is 0. The Labute approximate surface area is 192 Å². The van der Waals surface area contributed by atoms with E-state index in [2.05, 4.69) is 0 Å². The molecule has 0 radical (unpaired) electrons. The quantitative estimate of drug-likeness (QED) is 0.270. The Morgan fingerprint density at radius 1 is 0.706 bits per heavy atom. The lowest BCUT2D eigenvalue weighted by molar-refractivity contribution is -0.186. The van der Waals surface area contributed by atoms with Crippen molar-refractivity contribution in [3.05, 3.63) is 99.6 Å². The second kappa shape index (κ2) is 8.38. The smallest absolute Gasteiger partial charge is 0.427 e. The van der Waals surface area contributed by atoms with Crippen LogP contribution in [-0.2, 0) is 6.11 Å². The fourth-order valence-corrected chi connectivity index (χ4v) is 4.26. The highest BCUT2D eigenvalue weighted by Crippen LogP contribution is 2.39. The maximum atomic E-state index is 15.2. The predicted molar refractivity (Wildman–Crippen MR) is 119 cm³/mol. The van der Waals surface area contributed by atoms with Crippen molar-refractivity contribution in [3.63, 3.8) is 0 Å². The summed E-state index contributed by atoms with van der Waals surface area (Å²) in [5, 5.41) is -0.159. The first-order chi connectivity index (χ1) is 15.9. The molecule has 0 heterocycles. The molecule has 0 atom stereocenters. The van der Waals surface area contributed by atoms with Gasteiger partial charge in [-0.1, -0.05) is 17.7 Å². The van der Waals surface area contributed by atoms with E-state index in [0.29, 0.717) is 11.1 Å². The molecule has 176 valence electrons. The van der Waals surface area contributed by atoms with Crippen LogP contribution in [0.15, 0.2) is 48.5 Å². The summed E-state index contributed by atoms with van der Waals surface area (Å²) in [7, 11) is 0. The van der Waals surface area contributed by atoms with Crippen LogP contribution in [0.25, 0.3) is 21.9 Å². The maximum absolute atomic E-state index is 15.2. The molecule has 0 saturated carbocycles. The highest BCUT2D eigenvalue weighted by Gasteiger charge is 2.38. The summed E-state index contributed by atoms with van der Waals surface area (Å²) in [6.07, 6.45) is -3.69. The van der Waals surface area contributed by atoms with E-state index < -0.39 is 34.9 Å². The van der Waals surface area contributed by atoms with E-state index in [-0.39, 0.29) is 33.2 Å². The van der Waals surface area contributed by atoms with Crippen molar-refractivity contribution in [1.29, 1.82) is 0 Å². The van der Waals surface area contributed by atoms with Gasteiger partial charge in [0.05, 0.1) is 11.1 Å². The van der Waals surface area contributed by atoms with Crippen LogP contribution < -0.4 is 4.74 Å². The van der Waals surface area contributed by atoms with Crippen molar-refractivity contribution in [1.82, 2.24) is 0 Å². The summed E-state index contributed by atoms with van der Waals surface area (Å²) in [6.45, 7) is 6.10. The Morgan fingerprint density at radius 3 is 1.88 bits per heavy atom. The molecule has 4 aromatic carbocycles. The Hall–Kier alpha value is -3.48. The molecule has 0 aromatic heterocycles. The molecule has 0 fully saturated rings. The molecular weight excluding hydrogens is 454 g/mol. The van der Waals surface area contributed by atoms with Crippen molar-refractivity contribution in [2.24, 2.45) is 0 Å². The van der Waals surface area contributed by atoms with E-state index in [9.17, 15) is 13.2 Å². The highest BCUT2D eigenvalue weighted by atomic mass is 19.3. The fraction of sp³-hybridized carbons (Fsp3) is 0.185. The zero-order valence-electron chi connectivity index (χ0n) is 18.8. The van der Waals surface area contributed by atoms with Crippen molar-refractivity contribution >= 4 is 10.8 Å². The summed E-state index contributed by atoms with van der Waals surface area (Å²) < 4.78 is 92.9. The number of hydrogen-bond donors (Lipinski definition) is 0. The number of hydrogen-bond acceptors (Lipinski definition) is 1. The number of rotatable bonds is 4. The summed E-state index contributed by atoms with van der Waals surface area (Å²) in [6, 6.07) is 9.22. The van der Waals surface area contributed by atoms with Gasteiger partial charge in [0.2, 0.25) is 0 Å². The van der Waals surface area contributed by atoms with Gasteiger partial charge in [0.25, 0.3) is 0 Å². The van der Waals surface area contributed by atoms with Crippen LogP contribution in [0, 0.1) is 51.0 Å². The number of ether oxygens (including phenoxy) is 1. The number of aryl methyl sites for hydroxylation is 3. The molecule has 0 aliphatic heterocycles. The summed E-state index contributed by atoms with van der Waals surface area (Å²) in [5.41, 5.74) is 0.0480. The zero-order chi connectivity index (χ0) is 24.9. The van der Waals surface area contributed by atoms with E-state index >= 15 is 13.2 Å². The minimum Gasteiger partial charge on any atom is -0.429 e. The Kier molecular flexibility index (Phi) is 5.84. The molecule has 0 N–H and O–H groups in total. The predicted octanol–water partition coefficient (Wildman–Crippen LogP) is 8.43. The van der Waals surface area contributed by atoms with Gasteiger partial charge >= 0.3 is 6.11 Å². The highest BCUT2D eigenvalue weighted by molar-refractivity contribution is 5.89. The van der Waals surface area contributed by atoms with Crippen molar-refractivity contribution < 1.29 is 31.1 Å². The summed E-state index contributed by atoms with van der Waals surface area (Å²) in [4.78, 5) is 0. The normalized spacial score (nSPS) is 11.8. The third-order valence-corrected chi connectivity index (χ3v) is 5.78. The zero-order valence-corrected chi connectivity index (χ0v) is 18.8. The van der Waals surface area contributed by atoms with Crippen molar-refractivity contribution in [2.45, 2.75) is 33.8 Å². The topological polar surface area (TPSA) is 9.23 Å². The first-order valence-corrected chi connectivity index (χ1v) is 10.4. The molecule has 0 saturated heterocycles. The first kappa shape index (κ1) is 23.7. The molecule has 0 aliphatic rings. The lowest BCUT2D eigenvalue weighted by Crippen LogP contribution is -2.24. The van der Waals surface area contributed by atoms with Crippen molar-refractivity contribution in [2.75, 3.05) is 0 Å². The van der Waals surface area contributed by atoms with Crippen LogP contribution in [0.2, 0.25) is 0 Å². The van der Waals surface area contributed by atoms with Gasteiger partial charge in [0.15, 0.2) is 0 Å². The third kappa shape index (κ3) is 4.11. The summed E-state index contributed by atoms with van der Waals surface area (Å²) in [5.74, 6) is -4.35. The van der Waals surface area contributed by atoms with Crippen LogP contribution in [0.3, 0.4) is 0 Å². The largest absolute Gasteiger partial charge is 0.429 e. The molecule has 0 spiro atoms. The van der Waals surface area contributed by atoms with E-state index in [0.717, 1.165) is 42.0 Å². The third-order valence-electron chi connectivity index (χ3n) is 5.78. The minimum atomic E-state index is -3.69. The molecule has 4 rings (SSSR count). The Bertz CT molecular complexity index is 1400. The van der Waals surface area contributed by atoms with Gasteiger partial charge in [0.1, 0.15) is 29.0 Å². The molecule has 0 bridgehead atoms. The van der Waals surface area contributed by atoms with E-state index in [4.69, 9.17) is 4.74 Å². The lowest BCUT2D eigenvalue weighted by atomic mass is 9.98. The number of halogens is 6. The fourth-order valence-electron chi connectivity index (χ4n) is 4.26. The minimum absolute atomic E-state index is 0.0440. The molecular formula is C27H20F6O. The molecule has 0 aliphatic carbocycles. The van der Waals surface area contributed by atoms with Gasteiger partial charge in [-0.3, -0.25) is 0 Å². The molecule has 7 heteroatoms. The number of benzene rings is 4. The van der Waals surface area contributed by atoms with Gasteiger partial charge in [-0.25, -0.2) is 17.6 Å². The molecule has 34 heavy (non-hydrogen) atoms. The van der Waals surface area contributed by atoms with E-state index in [1.807, 2.05) is 0 Å². The Balaban J connectivity index is 1.77. The molecule has 4 aromatic rings. The van der Waals surface area contributed by atoms with Crippen LogP contribution >= 0.6 is 0 Å². The van der Waals surface area contributed by atoms with Gasteiger partial charge in [-0.15, -0.1) is 0 Å². The van der Waals surface area contributed by atoms with Crippen molar-refractivity contribution in [3.8, 4) is 16.9 Å². The van der Waals surface area contributed by atoms with Crippen LogP contribution in [0.4, 0.5) is 26.3 Å². The SMILES string of the molecule is Cc1cc(C)c(C(F)(F)Oc2ccc3c(F)c(-c4cc(F)c(C)c(F)c4)c(F)cc3c2)c(C)c1. The van der Waals surface area contributed by atoms with Gasteiger partial charge < -0.3 is 4.74 Å². The monoisotopic (exact) mass is 474 g/mol. The van der Waals surface area contributed by atoms with Crippen LogP contribution in [0.5, 0.6) is 5.75 Å². The van der Waals surface area contributed by atoms with Gasteiger partial charge in [0, 0.05) is 10.9 Å². The first-order valence-electron chi connectivity index (χ1n) is 10.4. The van der Waals surface area contributed by atoms with E-state index in [1.165, 1.54) is 6.92 Å². The molecule has 1 nitrogen and oxygen atoms in total. The standard InChI is InChI=1S/C27H20F6O/c1-13-7-14(2)25(15(3)8-13)27(32,33)34-19-5-6-20-17(9-19)10-23(30)24(26(20)31)18-11-21(28)16(4)22(29)12-18/h5-12H,1-4H3. The molecule has 0 amide bonds. The van der Waals surface area contributed by atoms with Crippen LogP contribution in [0.1, 0.15) is 27.8 Å².